The van der Waals surface area contributed by atoms with E-state index in [2.05, 4.69) is 10.6 Å². The molecule has 3 amide bonds. The van der Waals surface area contributed by atoms with Gasteiger partial charge in [0.25, 0.3) is 0 Å². The summed E-state index contributed by atoms with van der Waals surface area (Å²) in [5, 5.41) is 23.3. The van der Waals surface area contributed by atoms with E-state index in [9.17, 15) is 29.4 Å². The Balaban J connectivity index is 5.04. The Bertz CT molecular complexity index is 482. The van der Waals surface area contributed by atoms with Crippen LogP contribution >= 0.6 is 0 Å². The molecule has 0 saturated carbocycles. The van der Waals surface area contributed by atoms with Crippen molar-refractivity contribution in [2.45, 2.75) is 57.8 Å². The Kier molecular flexibility index (Phi) is 8.93. The van der Waals surface area contributed by atoms with E-state index in [1.807, 2.05) is 0 Å². The molecule has 5 atom stereocenters. The lowest BCUT2D eigenvalue weighted by molar-refractivity contribution is -0.144. The summed E-state index contributed by atoms with van der Waals surface area (Å²) < 4.78 is 0. The van der Waals surface area contributed by atoms with Gasteiger partial charge < -0.3 is 32.3 Å². The second kappa shape index (κ2) is 9.83. The molecule has 0 bridgehead atoms. The summed E-state index contributed by atoms with van der Waals surface area (Å²) in [5.74, 6) is -4.09. The van der Waals surface area contributed by atoms with Crippen LogP contribution < -0.4 is 22.1 Å². The number of aliphatic carboxylic acids is 1. The number of hydrogen-bond acceptors (Lipinski definition) is 6. The number of hydrogen-bond donors (Lipinski definition) is 6. The summed E-state index contributed by atoms with van der Waals surface area (Å²) in [7, 11) is 0. The van der Waals surface area contributed by atoms with Crippen LogP contribution in [0.5, 0.6) is 0 Å². The van der Waals surface area contributed by atoms with Gasteiger partial charge in [-0.2, -0.15) is 0 Å². The summed E-state index contributed by atoms with van der Waals surface area (Å²) in [6.07, 6.45) is -1.22. The van der Waals surface area contributed by atoms with Crippen LogP contribution in [0.4, 0.5) is 0 Å². The maximum Gasteiger partial charge on any atom is 0.326 e. The largest absolute Gasteiger partial charge is 0.480 e. The van der Waals surface area contributed by atoms with Crippen LogP contribution in [-0.2, 0) is 19.2 Å². The fourth-order valence-corrected chi connectivity index (χ4v) is 1.90. The van der Waals surface area contributed by atoms with Gasteiger partial charge in [-0.15, -0.1) is 0 Å². The first kappa shape index (κ1) is 21.8. The molecule has 0 aliphatic carbocycles. The van der Waals surface area contributed by atoms with Crippen molar-refractivity contribution in [2.24, 2.45) is 17.4 Å². The molecule has 5 unspecified atom stereocenters. The zero-order valence-electron chi connectivity index (χ0n) is 14.0. The monoisotopic (exact) mass is 346 g/mol. The molecule has 0 heterocycles. The summed E-state index contributed by atoms with van der Waals surface area (Å²) in [4.78, 5) is 46.1. The number of amides is 3. The number of carbonyl (C=O) groups is 4. The van der Waals surface area contributed by atoms with Crippen LogP contribution in [-0.4, -0.2) is 58.1 Å². The van der Waals surface area contributed by atoms with Crippen molar-refractivity contribution < 1.29 is 29.4 Å². The van der Waals surface area contributed by atoms with E-state index >= 15 is 0 Å². The first-order valence-electron chi connectivity index (χ1n) is 7.56. The molecule has 138 valence electrons. The van der Waals surface area contributed by atoms with Gasteiger partial charge in [0, 0.05) is 0 Å². The number of carboxylic acid groups (broad SMARTS) is 1. The van der Waals surface area contributed by atoms with Crippen molar-refractivity contribution in [3.8, 4) is 0 Å². The van der Waals surface area contributed by atoms with E-state index in [1.165, 1.54) is 6.92 Å². The number of nitrogens with one attached hydrogen (secondary N) is 2. The average molecular weight is 346 g/mol. The highest BCUT2D eigenvalue weighted by atomic mass is 16.4. The van der Waals surface area contributed by atoms with Crippen molar-refractivity contribution in [3.63, 3.8) is 0 Å². The molecule has 0 fully saturated rings. The topological polar surface area (TPSA) is 185 Å². The third-order valence-electron chi connectivity index (χ3n) is 3.60. The molecule has 24 heavy (non-hydrogen) atoms. The van der Waals surface area contributed by atoms with Crippen LogP contribution in [0.15, 0.2) is 0 Å². The van der Waals surface area contributed by atoms with Gasteiger partial charge >= 0.3 is 5.97 Å². The lowest BCUT2D eigenvalue weighted by Crippen LogP contribution is -2.59. The minimum Gasteiger partial charge on any atom is -0.480 e. The Morgan fingerprint density at radius 1 is 1.04 bits per heavy atom. The maximum absolute atomic E-state index is 12.2. The first-order chi connectivity index (χ1) is 11.0. The van der Waals surface area contributed by atoms with Crippen molar-refractivity contribution in [1.29, 1.82) is 0 Å². The molecule has 10 nitrogen and oxygen atoms in total. The molecule has 0 aromatic heterocycles. The highest BCUT2D eigenvalue weighted by Crippen LogP contribution is 2.09. The highest BCUT2D eigenvalue weighted by molar-refractivity contribution is 5.93. The van der Waals surface area contributed by atoms with E-state index in [1.54, 1.807) is 13.8 Å². The van der Waals surface area contributed by atoms with Gasteiger partial charge in [-0.3, -0.25) is 14.4 Å². The van der Waals surface area contributed by atoms with E-state index in [0.29, 0.717) is 6.42 Å². The molecule has 0 aliphatic rings. The normalized spacial score (nSPS) is 17.0. The quantitative estimate of drug-likeness (QED) is 0.256. The molecule has 0 rings (SSSR count). The second-order valence-corrected chi connectivity index (χ2v) is 5.71. The SMILES string of the molecule is CCC(C)C(NC(=O)C(NC(=O)C(N)CC(N)=O)C(C)O)C(=O)O. The summed E-state index contributed by atoms with van der Waals surface area (Å²) in [6.45, 7) is 4.67. The van der Waals surface area contributed by atoms with Crippen LogP contribution in [0, 0.1) is 5.92 Å². The number of primary amides is 1. The molecule has 0 aromatic rings. The fourth-order valence-electron chi connectivity index (χ4n) is 1.90. The molecule has 0 saturated heterocycles. The predicted octanol–water partition coefficient (Wildman–Crippen LogP) is -2.33. The molecule has 0 aromatic carbocycles. The van der Waals surface area contributed by atoms with E-state index < -0.39 is 54.3 Å². The molecule has 10 heteroatoms. The minimum absolute atomic E-state index is 0.353. The van der Waals surface area contributed by atoms with Gasteiger partial charge in [-0.05, 0) is 12.8 Å². The summed E-state index contributed by atoms with van der Waals surface area (Å²) in [6, 6.07) is -3.86. The molecule has 0 aliphatic heterocycles. The third-order valence-corrected chi connectivity index (χ3v) is 3.60. The van der Waals surface area contributed by atoms with Crippen molar-refractivity contribution in [2.75, 3.05) is 0 Å². The fraction of sp³-hybridized carbons (Fsp3) is 0.714. The zero-order chi connectivity index (χ0) is 19.0. The number of carboxylic acids is 1. The molecule has 0 spiro atoms. The number of nitrogens with two attached hydrogens (primary N) is 2. The predicted molar refractivity (Wildman–Crippen MR) is 84.4 cm³/mol. The van der Waals surface area contributed by atoms with Gasteiger partial charge in [0.05, 0.1) is 18.6 Å². The zero-order valence-corrected chi connectivity index (χ0v) is 14.0. The molecular weight excluding hydrogens is 320 g/mol. The minimum atomic E-state index is -1.41. The van der Waals surface area contributed by atoms with Crippen molar-refractivity contribution in [1.82, 2.24) is 10.6 Å². The van der Waals surface area contributed by atoms with Crippen LogP contribution in [0.3, 0.4) is 0 Å². The number of carbonyl (C=O) groups excluding carboxylic acids is 3. The summed E-state index contributed by atoms with van der Waals surface area (Å²) in [5.41, 5.74) is 10.4. The van der Waals surface area contributed by atoms with Crippen LogP contribution in [0.1, 0.15) is 33.6 Å². The van der Waals surface area contributed by atoms with Gasteiger partial charge in [0.15, 0.2) is 0 Å². The Labute approximate surface area is 139 Å². The van der Waals surface area contributed by atoms with Crippen LogP contribution in [0.25, 0.3) is 0 Å². The number of aliphatic hydroxyl groups excluding tert-OH is 1. The highest BCUT2D eigenvalue weighted by Gasteiger charge is 2.32. The standard InChI is InChI=1S/C14H26N4O6/c1-4-6(2)10(14(23)24)17-13(22)11(7(3)19)18-12(21)8(15)5-9(16)20/h6-8,10-11,19H,4-5,15H2,1-3H3,(H2,16,20)(H,17,22)(H,18,21)(H,23,24). The molecule has 8 N–H and O–H groups in total. The molecule has 0 radical (unpaired) electrons. The van der Waals surface area contributed by atoms with E-state index in [4.69, 9.17) is 11.5 Å². The van der Waals surface area contributed by atoms with Crippen LogP contribution in [0.2, 0.25) is 0 Å². The average Bonchev–Trinajstić information content (AvgIpc) is 2.47. The second-order valence-electron chi connectivity index (χ2n) is 5.71. The van der Waals surface area contributed by atoms with Gasteiger partial charge in [0.2, 0.25) is 17.7 Å². The van der Waals surface area contributed by atoms with Crippen molar-refractivity contribution >= 4 is 23.7 Å². The Morgan fingerprint density at radius 3 is 1.92 bits per heavy atom. The first-order valence-corrected chi connectivity index (χ1v) is 7.56. The Morgan fingerprint density at radius 2 is 1.54 bits per heavy atom. The third kappa shape index (κ3) is 6.92. The van der Waals surface area contributed by atoms with E-state index in [-0.39, 0.29) is 5.92 Å². The number of rotatable bonds is 10. The number of aliphatic hydroxyl groups is 1. The lowest BCUT2D eigenvalue weighted by Gasteiger charge is -2.26. The smallest absolute Gasteiger partial charge is 0.326 e. The van der Waals surface area contributed by atoms with Gasteiger partial charge in [-0.1, -0.05) is 20.3 Å². The van der Waals surface area contributed by atoms with Gasteiger partial charge in [0.1, 0.15) is 12.1 Å². The molecular formula is C14H26N4O6. The van der Waals surface area contributed by atoms with Gasteiger partial charge in [-0.25, -0.2) is 4.79 Å². The summed E-state index contributed by atoms with van der Waals surface area (Å²) >= 11 is 0. The van der Waals surface area contributed by atoms with Crippen molar-refractivity contribution in [3.05, 3.63) is 0 Å². The Hall–Kier alpha value is -2.20. The lowest BCUT2D eigenvalue weighted by atomic mass is 9.98. The van der Waals surface area contributed by atoms with E-state index in [0.717, 1.165) is 0 Å². The maximum atomic E-state index is 12.2.